The van der Waals surface area contributed by atoms with Gasteiger partial charge in [0.05, 0.1) is 15.6 Å². The highest BCUT2D eigenvalue weighted by molar-refractivity contribution is 7.90. The van der Waals surface area contributed by atoms with E-state index in [1.165, 1.54) is 23.5 Å². The Morgan fingerprint density at radius 3 is 2.43 bits per heavy atom. The van der Waals surface area contributed by atoms with Crippen molar-refractivity contribution in [3.63, 3.8) is 0 Å². The molecule has 7 heteroatoms. The molecule has 0 atom stereocenters. The van der Waals surface area contributed by atoms with Crippen LogP contribution in [0.4, 0.5) is 5.69 Å². The highest BCUT2D eigenvalue weighted by Crippen LogP contribution is 2.29. The lowest BCUT2D eigenvalue weighted by molar-refractivity contribution is 0.102. The maximum Gasteiger partial charge on any atom is 0.267 e. The topological polar surface area (TPSA) is 76.1 Å². The van der Waals surface area contributed by atoms with Gasteiger partial charge in [-0.15, -0.1) is 11.3 Å². The summed E-state index contributed by atoms with van der Waals surface area (Å²) in [5.41, 5.74) is 1.00. The number of carbonyl (C=O) groups excluding carboxylic acids is 1. The summed E-state index contributed by atoms with van der Waals surface area (Å²) in [6.07, 6.45) is 1.14. The summed E-state index contributed by atoms with van der Waals surface area (Å²) in [5.74, 6) is -0.277. The van der Waals surface area contributed by atoms with Gasteiger partial charge in [-0.25, -0.2) is 13.4 Å². The summed E-state index contributed by atoms with van der Waals surface area (Å²) >= 11 is 1.36. The first-order chi connectivity index (χ1) is 10.5. The minimum Gasteiger partial charge on any atom is -0.321 e. The average Bonchev–Trinajstić information content (AvgIpc) is 2.80. The number of benzene rings is 1. The van der Waals surface area contributed by atoms with Crippen molar-refractivity contribution in [2.45, 2.75) is 38.0 Å². The van der Waals surface area contributed by atoms with Crippen molar-refractivity contribution in [3.8, 4) is 0 Å². The molecule has 1 aromatic carbocycles. The van der Waals surface area contributed by atoms with E-state index < -0.39 is 9.84 Å². The normalized spacial score (nSPS) is 12.2. The predicted molar refractivity (Wildman–Crippen MR) is 93.1 cm³/mol. The second-order valence-electron chi connectivity index (χ2n) is 6.44. The molecule has 1 aromatic heterocycles. The van der Waals surface area contributed by atoms with Crippen molar-refractivity contribution in [2.24, 2.45) is 0 Å². The Kier molecular flexibility index (Phi) is 4.64. The Morgan fingerprint density at radius 2 is 1.91 bits per heavy atom. The van der Waals surface area contributed by atoms with Crippen LogP contribution in [-0.4, -0.2) is 25.6 Å². The molecule has 0 spiro atoms. The van der Waals surface area contributed by atoms with Crippen LogP contribution >= 0.6 is 11.3 Å². The Labute approximate surface area is 140 Å². The van der Waals surface area contributed by atoms with Crippen LogP contribution in [0.5, 0.6) is 0 Å². The number of carbonyl (C=O) groups is 1. The number of thiazole rings is 1. The largest absolute Gasteiger partial charge is 0.321 e. The minimum atomic E-state index is -3.31. The average molecular weight is 352 g/mol. The maximum atomic E-state index is 12.4. The van der Waals surface area contributed by atoms with Crippen molar-refractivity contribution in [1.82, 2.24) is 4.98 Å². The summed E-state index contributed by atoms with van der Waals surface area (Å²) in [4.78, 5) is 17.6. The van der Waals surface area contributed by atoms with Crippen molar-refractivity contribution < 1.29 is 13.2 Å². The van der Waals surface area contributed by atoms with Crippen LogP contribution in [0, 0.1) is 6.92 Å². The van der Waals surface area contributed by atoms with E-state index in [2.05, 4.69) is 10.3 Å². The van der Waals surface area contributed by atoms with E-state index in [0.29, 0.717) is 16.3 Å². The van der Waals surface area contributed by atoms with E-state index in [4.69, 9.17) is 0 Å². The van der Waals surface area contributed by atoms with Crippen molar-refractivity contribution in [1.29, 1.82) is 0 Å². The van der Waals surface area contributed by atoms with Gasteiger partial charge in [-0.1, -0.05) is 26.8 Å². The van der Waals surface area contributed by atoms with Gasteiger partial charge in [0.2, 0.25) is 0 Å². The fraction of sp³-hybridized carbons (Fsp3) is 0.375. The summed E-state index contributed by atoms with van der Waals surface area (Å²) in [6, 6.07) is 6.22. The Hall–Kier alpha value is -1.73. The number of aryl methyl sites for hydroxylation is 1. The van der Waals surface area contributed by atoms with Crippen LogP contribution in [0.15, 0.2) is 29.2 Å². The number of anilines is 1. The van der Waals surface area contributed by atoms with E-state index >= 15 is 0 Å². The standard InChI is InChI=1S/C16H20N2O3S2/c1-10-13(22-15(17-10)16(2,3)4)14(19)18-11-7-6-8-12(9-11)23(5,20)21/h6-9H,1-5H3,(H,18,19). The smallest absolute Gasteiger partial charge is 0.267 e. The Bertz CT molecular complexity index is 846. The minimum absolute atomic E-state index is 0.121. The monoisotopic (exact) mass is 352 g/mol. The molecule has 23 heavy (non-hydrogen) atoms. The second kappa shape index (κ2) is 6.05. The van der Waals surface area contributed by atoms with E-state index in [0.717, 1.165) is 11.3 Å². The number of sulfone groups is 1. The summed E-state index contributed by atoms with van der Waals surface area (Å²) in [5, 5.41) is 3.64. The van der Waals surface area contributed by atoms with Crippen molar-refractivity contribution >= 4 is 32.8 Å². The number of hydrogen-bond acceptors (Lipinski definition) is 5. The van der Waals surface area contributed by atoms with Gasteiger partial charge in [0.25, 0.3) is 5.91 Å². The lowest BCUT2D eigenvalue weighted by Gasteiger charge is -2.13. The molecule has 2 aromatic rings. The molecule has 0 fully saturated rings. The Morgan fingerprint density at radius 1 is 1.26 bits per heavy atom. The van der Waals surface area contributed by atoms with Gasteiger partial charge < -0.3 is 5.32 Å². The van der Waals surface area contributed by atoms with Gasteiger partial charge in [-0.2, -0.15) is 0 Å². The molecule has 0 saturated heterocycles. The molecule has 0 bridgehead atoms. The fourth-order valence-electron chi connectivity index (χ4n) is 1.92. The zero-order chi connectivity index (χ0) is 17.4. The van der Waals surface area contributed by atoms with Crippen LogP contribution in [0.25, 0.3) is 0 Å². The van der Waals surface area contributed by atoms with Gasteiger partial charge in [0.1, 0.15) is 4.88 Å². The SMILES string of the molecule is Cc1nc(C(C)(C)C)sc1C(=O)Nc1cccc(S(C)(=O)=O)c1. The van der Waals surface area contributed by atoms with Gasteiger partial charge in [0.15, 0.2) is 9.84 Å². The molecule has 0 radical (unpaired) electrons. The molecule has 0 aliphatic carbocycles. The molecule has 1 N–H and O–H groups in total. The molecule has 5 nitrogen and oxygen atoms in total. The first-order valence-electron chi connectivity index (χ1n) is 7.08. The van der Waals surface area contributed by atoms with Gasteiger partial charge in [0, 0.05) is 17.4 Å². The highest BCUT2D eigenvalue weighted by atomic mass is 32.2. The molecule has 0 unspecified atom stereocenters. The summed E-state index contributed by atoms with van der Waals surface area (Å²) in [6.45, 7) is 7.93. The fourth-order valence-corrected chi connectivity index (χ4v) is 3.61. The first kappa shape index (κ1) is 17.6. The Balaban J connectivity index is 2.28. The zero-order valence-corrected chi connectivity index (χ0v) is 15.4. The number of hydrogen-bond donors (Lipinski definition) is 1. The van der Waals surface area contributed by atoms with E-state index in [9.17, 15) is 13.2 Å². The molecule has 2 rings (SSSR count). The van der Waals surface area contributed by atoms with Crippen LogP contribution in [0.2, 0.25) is 0 Å². The van der Waals surface area contributed by atoms with Crippen LogP contribution in [0.1, 0.15) is 41.1 Å². The number of rotatable bonds is 3. The number of aromatic nitrogens is 1. The first-order valence-corrected chi connectivity index (χ1v) is 9.78. The summed E-state index contributed by atoms with van der Waals surface area (Å²) < 4.78 is 23.2. The molecular formula is C16H20N2O3S2. The van der Waals surface area contributed by atoms with E-state index in [1.54, 1.807) is 19.1 Å². The molecule has 0 aliphatic heterocycles. The van der Waals surface area contributed by atoms with E-state index in [1.807, 2.05) is 20.8 Å². The predicted octanol–water partition coefficient (Wildman–Crippen LogP) is 3.40. The molecule has 1 amide bonds. The van der Waals surface area contributed by atoms with Crippen LogP contribution in [0.3, 0.4) is 0 Å². The van der Waals surface area contributed by atoms with Crippen LogP contribution < -0.4 is 5.32 Å². The third-order valence-corrected chi connectivity index (χ3v) is 5.86. The lowest BCUT2D eigenvalue weighted by atomic mass is 9.98. The van der Waals surface area contributed by atoms with Gasteiger partial charge in [-0.05, 0) is 25.1 Å². The third-order valence-electron chi connectivity index (χ3n) is 3.16. The molecule has 0 aliphatic rings. The summed E-state index contributed by atoms with van der Waals surface area (Å²) in [7, 11) is -3.31. The van der Waals surface area contributed by atoms with Gasteiger partial charge >= 0.3 is 0 Å². The lowest BCUT2D eigenvalue weighted by Crippen LogP contribution is -2.12. The molecule has 1 heterocycles. The van der Waals surface area contributed by atoms with E-state index in [-0.39, 0.29) is 16.2 Å². The second-order valence-corrected chi connectivity index (χ2v) is 9.45. The van der Waals surface area contributed by atoms with Crippen molar-refractivity contribution in [2.75, 3.05) is 11.6 Å². The highest BCUT2D eigenvalue weighted by Gasteiger charge is 2.23. The number of nitrogens with zero attached hydrogens (tertiary/aromatic N) is 1. The van der Waals surface area contributed by atoms with Crippen LogP contribution in [-0.2, 0) is 15.3 Å². The molecular weight excluding hydrogens is 332 g/mol. The number of amides is 1. The molecule has 0 saturated carbocycles. The maximum absolute atomic E-state index is 12.4. The zero-order valence-electron chi connectivity index (χ0n) is 13.8. The molecule has 124 valence electrons. The van der Waals surface area contributed by atoms with Gasteiger partial charge in [-0.3, -0.25) is 4.79 Å². The quantitative estimate of drug-likeness (QED) is 0.918. The van der Waals surface area contributed by atoms with Crippen molar-refractivity contribution in [3.05, 3.63) is 39.8 Å². The third kappa shape index (κ3) is 4.17. The number of nitrogens with one attached hydrogen (secondary N) is 1.